The zero-order chi connectivity index (χ0) is 18.2. The van der Waals surface area contributed by atoms with E-state index in [0.717, 1.165) is 38.4 Å². The molecule has 1 fully saturated rings. The number of ether oxygens (including phenoxy) is 1. The number of thiocarbonyl (C=S) groups is 1. The van der Waals surface area contributed by atoms with E-state index in [1.54, 1.807) is 12.1 Å². The molecule has 0 aliphatic carbocycles. The summed E-state index contributed by atoms with van der Waals surface area (Å²) in [6, 6.07) is 17.0. The van der Waals surface area contributed by atoms with Crippen LogP contribution in [0.3, 0.4) is 0 Å². The lowest BCUT2D eigenvalue weighted by atomic mass is 10.1. The number of halogens is 1. The lowest BCUT2D eigenvalue weighted by Crippen LogP contribution is -3.14. The Morgan fingerprint density at radius 1 is 1.08 bits per heavy atom. The average Bonchev–Trinajstić information content (AvgIpc) is 2.68. The van der Waals surface area contributed by atoms with Crippen LogP contribution >= 0.6 is 12.2 Å². The second-order valence-corrected chi connectivity index (χ2v) is 6.89. The van der Waals surface area contributed by atoms with Gasteiger partial charge in [0.1, 0.15) is 31.5 Å². The molecule has 1 saturated heterocycles. The minimum Gasteiger partial charge on any atom is -0.370 e. The molecule has 0 bridgehead atoms. The summed E-state index contributed by atoms with van der Waals surface area (Å²) in [6.07, 6.45) is 0. The van der Waals surface area contributed by atoms with Crippen LogP contribution in [0.25, 0.3) is 0 Å². The van der Waals surface area contributed by atoms with Gasteiger partial charge in [0.25, 0.3) is 0 Å². The van der Waals surface area contributed by atoms with Crippen LogP contribution in [0, 0.1) is 5.82 Å². The van der Waals surface area contributed by atoms with Gasteiger partial charge in [0.2, 0.25) is 0 Å². The number of rotatable bonds is 6. The van der Waals surface area contributed by atoms with Crippen molar-refractivity contribution in [1.29, 1.82) is 0 Å². The molecule has 0 unspecified atom stereocenters. The van der Waals surface area contributed by atoms with Crippen LogP contribution in [-0.2, 0) is 11.3 Å². The molecular formula is C20H25FN3OS+. The monoisotopic (exact) mass is 374 g/mol. The summed E-state index contributed by atoms with van der Waals surface area (Å²) in [6.45, 7) is 5.17. The van der Waals surface area contributed by atoms with Gasteiger partial charge in [-0.15, -0.1) is 0 Å². The van der Waals surface area contributed by atoms with Crippen LogP contribution in [0.4, 0.5) is 4.39 Å². The SMILES string of the molecule is Fc1ccc(CNC(=S)N[C@@H](C[NH+]2CCOCC2)c2ccccc2)cc1. The number of hydrogen-bond acceptors (Lipinski definition) is 2. The molecule has 1 heterocycles. The van der Waals surface area contributed by atoms with Gasteiger partial charge in [0.05, 0.1) is 13.2 Å². The van der Waals surface area contributed by atoms with E-state index in [2.05, 4.69) is 22.8 Å². The van der Waals surface area contributed by atoms with E-state index in [1.165, 1.54) is 22.6 Å². The first-order chi connectivity index (χ1) is 12.7. The molecule has 0 radical (unpaired) electrons. The first kappa shape index (κ1) is 18.8. The molecular weight excluding hydrogens is 349 g/mol. The predicted molar refractivity (Wildman–Crippen MR) is 105 cm³/mol. The van der Waals surface area contributed by atoms with Crippen LogP contribution in [0.5, 0.6) is 0 Å². The summed E-state index contributed by atoms with van der Waals surface area (Å²) in [5.41, 5.74) is 2.21. The minimum absolute atomic E-state index is 0.137. The van der Waals surface area contributed by atoms with Crippen LogP contribution in [0.1, 0.15) is 17.2 Å². The van der Waals surface area contributed by atoms with E-state index in [9.17, 15) is 4.39 Å². The molecule has 138 valence electrons. The standard InChI is InChI=1S/C20H24FN3OS/c21-18-8-6-16(7-9-18)14-22-20(26)23-19(17-4-2-1-3-5-17)15-24-10-12-25-13-11-24/h1-9,19H,10-15H2,(H2,22,23,26)/p+1/t19-/m0/s1. The van der Waals surface area contributed by atoms with E-state index < -0.39 is 0 Å². The molecule has 3 N–H and O–H groups in total. The smallest absolute Gasteiger partial charge is 0.167 e. The van der Waals surface area contributed by atoms with Crippen molar-refractivity contribution in [3.8, 4) is 0 Å². The lowest BCUT2D eigenvalue weighted by molar-refractivity contribution is -0.909. The first-order valence-corrected chi connectivity index (χ1v) is 9.36. The lowest BCUT2D eigenvalue weighted by Gasteiger charge is -2.29. The Labute approximate surface area is 159 Å². The van der Waals surface area contributed by atoms with E-state index >= 15 is 0 Å². The molecule has 2 aromatic rings. The van der Waals surface area contributed by atoms with Crippen LogP contribution in [-0.4, -0.2) is 38.0 Å². The Balaban J connectivity index is 1.58. The molecule has 1 aliphatic rings. The van der Waals surface area contributed by atoms with E-state index in [4.69, 9.17) is 17.0 Å². The fourth-order valence-electron chi connectivity index (χ4n) is 3.08. The molecule has 3 rings (SSSR count). The average molecular weight is 375 g/mol. The Hall–Kier alpha value is -2.02. The topological polar surface area (TPSA) is 37.7 Å². The fraction of sp³-hybridized carbons (Fsp3) is 0.350. The molecule has 6 heteroatoms. The molecule has 1 atom stereocenters. The minimum atomic E-state index is -0.230. The van der Waals surface area contributed by atoms with Crippen molar-refractivity contribution in [1.82, 2.24) is 10.6 Å². The summed E-state index contributed by atoms with van der Waals surface area (Å²) < 4.78 is 18.5. The molecule has 26 heavy (non-hydrogen) atoms. The van der Waals surface area contributed by atoms with E-state index in [-0.39, 0.29) is 11.9 Å². The molecule has 1 aliphatic heterocycles. The van der Waals surface area contributed by atoms with Crippen molar-refractivity contribution in [3.05, 3.63) is 71.5 Å². The Kier molecular flexibility index (Phi) is 6.94. The second kappa shape index (κ2) is 9.62. The van der Waals surface area contributed by atoms with Gasteiger partial charge in [-0.3, -0.25) is 0 Å². The summed E-state index contributed by atoms with van der Waals surface area (Å²) in [7, 11) is 0. The van der Waals surface area contributed by atoms with E-state index in [0.29, 0.717) is 11.7 Å². The Bertz CT molecular complexity index is 690. The highest BCUT2D eigenvalue weighted by molar-refractivity contribution is 7.80. The summed E-state index contributed by atoms with van der Waals surface area (Å²) in [5.74, 6) is -0.230. The molecule has 0 aromatic heterocycles. The van der Waals surface area contributed by atoms with Gasteiger partial charge in [-0.05, 0) is 35.5 Å². The number of morpholine rings is 1. The van der Waals surface area contributed by atoms with Gasteiger partial charge < -0.3 is 20.3 Å². The highest BCUT2D eigenvalue weighted by Gasteiger charge is 2.21. The Morgan fingerprint density at radius 2 is 1.77 bits per heavy atom. The zero-order valence-electron chi connectivity index (χ0n) is 14.7. The quantitative estimate of drug-likeness (QED) is 0.669. The van der Waals surface area contributed by atoms with Gasteiger partial charge in [-0.2, -0.15) is 0 Å². The maximum Gasteiger partial charge on any atom is 0.167 e. The van der Waals surface area contributed by atoms with E-state index in [1.807, 2.05) is 18.2 Å². The predicted octanol–water partition coefficient (Wildman–Crippen LogP) is 1.45. The van der Waals surface area contributed by atoms with Gasteiger partial charge >= 0.3 is 0 Å². The summed E-state index contributed by atoms with van der Waals surface area (Å²) in [4.78, 5) is 1.51. The molecule has 4 nitrogen and oxygen atoms in total. The maximum atomic E-state index is 13.0. The highest BCUT2D eigenvalue weighted by atomic mass is 32.1. The van der Waals surface area contributed by atoms with Gasteiger partial charge in [-0.1, -0.05) is 42.5 Å². The third-order valence-electron chi connectivity index (χ3n) is 4.57. The van der Waals surface area contributed by atoms with Crippen molar-refractivity contribution in [3.63, 3.8) is 0 Å². The highest BCUT2D eigenvalue weighted by Crippen LogP contribution is 2.11. The van der Waals surface area contributed by atoms with Gasteiger partial charge in [0, 0.05) is 6.54 Å². The fourth-order valence-corrected chi connectivity index (χ4v) is 3.30. The van der Waals surface area contributed by atoms with Crippen molar-refractivity contribution < 1.29 is 14.0 Å². The number of nitrogens with one attached hydrogen (secondary N) is 3. The van der Waals surface area contributed by atoms with Gasteiger partial charge in [0.15, 0.2) is 5.11 Å². The maximum absolute atomic E-state index is 13.0. The third-order valence-corrected chi connectivity index (χ3v) is 4.83. The van der Waals surface area contributed by atoms with Crippen LogP contribution < -0.4 is 15.5 Å². The second-order valence-electron chi connectivity index (χ2n) is 6.48. The van der Waals surface area contributed by atoms with Crippen molar-refractivity contribution in [2.75, 3.05) is 32.8 Å². The zero-order valence-corrected chi connectivity index (χ0v) is 15.5. The van der Waals surface area contributed by atoms with Crippen molar-refractivity contribution >= 4 is 17.3 Å². The van der Waals surface area contributed by atoms with Crippen LogP contribution in [0.15, 0.2) is 54.6 Å². The summed E-state index contributed by atoms with van der Waals surface area (Å²) >= 11 is 5.49. The summed E-state index contributed by atoms with van der Waals surface area (Å²) in [5, 5.41) is 7.27. The van der Waals surface area contributed by atoms with Crippen LogP contribution in [0.2, 0.25) is 0 Å². The molecule has 2 aromatic carbocycles. The molecule has 0 saturated carbocycles. The largest absolute Gasteiger partial charge is 0.370 e. The first-order valence-electron chi connectivity index (χ1n) is 8.96. The van der Waals surface area contributed by atoms with Crippen molar-refractivity contribution in [2.24, 2.45) is 0 Å². The molecule has 0 amide bonds. The Morgan fingerprint density at radius 3 is 2.46 bits per heavy atom. The number of benzene rings is 2. The molecule has 0 spiro atoms. The van der Waals surface area contributed by atoms with Crippen molar-refractivity contribution in [2.45, 2.75) is 12.6 Å². The normalized spacial score (nSPS) is 16.0. The van der Waals surface area contributed by atoms with Gasteiger partial charge in [-0.25, -0.2) is 4.39 Å². The number of quaternary nitrogens is 1. The number of hydrogen-bond donors (Lipinski definition) is 3. The third kappa shape index (κ3) is 5.76.